The first-order valence-corrected chi connectivity index (χ1v) is 12.2. The van der Waals surface area contributed by atoms with Crippen LogP contribution in [0.5, 0.6) is 6.01 Å². The molecular weight excluding hydrogens is 541 g/mol. The van der Waals surface area contributed by atoms with Crippen molar-refractivity contribution in [1.29, 1.82) is 0 Å². The molecule has 1 aromatic heterocycles. The zero-order chi connectivity index (χ0) is 28.0. The summed E-state index contributed by atoms with van der Waals surface area (Å²) in [5.74, 6) is -1.10. The molecule has 0 radical (unpaired) electrons. The molecule has 0 spiro atoms. The van der Waals surface area contributed by atoms with Crippen LogP contribution in [0.2, 0.25) is 5.02 Å². The largest absolute Gasteiger partial charge is 0.465 e. The van der Waals surface area contributed by atoms with Crippen molar-refractivity contribution in [1.82, 2.24) is 20.3 Å². The maximum absolute atomic E-state index is 12.8. The summed E-state index contributed by atoms with van der Waals surface area (Å²) >= 11 is 5.99. The Bertz CT molecular complexity index is 1320. The van der Waals surface area contributed by atoms with Gasteiger partial charge in [0.2, 0.25) is 11.9 Å². The van der Waals surface area contributed by atoms with Gasteiger partial charge in [-0.2, -0.15) is 28.1 Å². The Hall–Kier alpha value is -4.13. The standard InChI is InChI=1S/C25H24ClF3N6O4/c1-2-38-19(36)13-30-20(37)15-3-9-18(10-4-15)31-21-32-22(34-23(33-21)39-14-25(27,28)29)35-24(11-12-24)16-5-7-17(26)8-6-16/h3-10H,2,11-14H2,1H3,(H,30,37)(H2,31,32,33,34,35). The number of nitrogens with zero attached hydrogens (tertiary/aromatic N) is 3. The number of hydrogen-bond donors (Lipinski definition) is 3. The van der Waals surface area contributed by atoms with E-state index < -0.39 is 36.2 Å². The summed E-state index contributed by atoms with van der Waals surface area (Å²) in [6.07, 6.45) is -3.08. The first-order valence-electron chi connectivity index (χ1n) is 11.9. The number of esters is 1. The minimum absolute atomic E-state index is 0.0205. The molecule has 0 atom stereocenters. The van der Waals surface area contributed by atoms with Gasteiger partial charge in [-0.05, 0) is 61.7 Å². The van der Waals surface area contributed by atoms with E-state index in [9.17, 15) is 22.8 Å². The monoisotopic (exact) mass is 564 g/mol. The second-order valence-corrected chi connectivity index (χ2v) is 9.01. The van der Waals surface area contributed by atoms with Gasteiger partial charge in [-0.25, -0.2) is 0 Å². The van der Waals surface area contributed by atoms with Gasteiger partial charge in [0.05, 0.1) is 12.1 Å². The number of nitrogens with one attached hydrogen (secondary N) is 3. The van der Waals surface area contributed by atoms with Crippen LogP contribution in [0, 0.1) is 0 Å². The summed E-state index contributed by atoms with van der Waals surface area (Å²) in [6, 6.07) is 12.8. The molecule has 0 aliphatic heterocycles. The fraction of sp³-hybridized carbons (Fsp3) is 0.320. The Kier molecular flexibility index (Phi) is 8.38. The summed E-state index contributed by atoms with van der Waals surface area (Å²) in [6.45, 7) is 0.0137. The van der Waals surface area contributed by atoms with Crippen LogP contribution in [0.1, 0.15) is 35.7 Å². The van der Waals surface area contributed by atoms with Crippen LogP contribution < -0.4 is 20.7 Å². The van der Waals surface area contributed by atoms with E-state index in [0.29, 0.717) is 10.7 Å². The van der Waals surface area contributed by atoms with E-state index in [-0.39, 0.29) is 30.6 Å². The van der Waals surface area contributed by atoms with Crippen molar-refractivity contribution in [2.75, 3.05) is 30.4 Å². The highest BCUT2D eigenvalue weighted by Gasteiger charge is 2.45. The minimum atomic E-state index is -4.58. The third-order valence-electron chi connectivity index (χ3n) is 5.58. The van der Waals surface area contributed by atoms with Crippen molar-refractivity contribution in [3.63, 3.8) is 0 Å². The normalized spacial score (nSPS) is 13.8. The highest BCUT2D eigenvalue weighted by Crippen LogP contribution is 2.48. The average molecular weight is 565 g/mol. The number of hydrogen-bond acceptors (Lipinski definition) is 9. The van der Waals surface area contributed by atoms with E-state index >= 15 is 0 Å². The van der Waals surface area contributed by atoms with Crippen LogP contribution in [0.3, 0.4) is 0 Å². The van der Waals surface area contributed by atoms with Crippen LogP contribution in [0.25, 0.3) is 0 Å². The summed E-state index contributed by atoms with van der Waals surface area (Å²) in [5.41, 5.74) is 1.14. The van der Waals surface area contributed by atoms with E-state index in [2.05, 4.69) is 30.9 Å². The first-order chi connectivity index (χ1) is 18.5. The Morgan fingerprint density at radius 2 is 1.67 bits per heavy atom. The van der Waals surface area contributed by atoms with Crippen LogP contribution >= 0.6 is 11.6 Å². The molecule has 3 aromatic rings. The van der Waals surface area contributed by atoms with Gasteiger partial charge in [0.15, 0.2) is 6.61 Å². The van der Waals surface area contributed by atoms with Crippen LogP contribution in [-0.4, -0.2) is 52.8 Å². The second-order valence-electron chi connectivity index (χ2n) is 8.57. The molecule has 1 heterocycles. The number of carbonyl (C=O) groups excluding carboxylic acids is 2. The number of ether oxygens (including phenoxy) is 2. The molecule has 2 aromatic carbocycles. The van der Waals surface area contributed by atoms with E-state index in [0.717, 1.165) is 18.4 Å². The fourth-order valence-electron chi connectivity index (χ4n) is 3.57. The molecule has 206 valence electrons. The summed E-state index contributed by atoms with van der Waals surface area (Å²) < 4.78 is 47.9. The molecule has 39 heavy (non-hydrogen) atoms. The van der Waals surface area contributed by atoms with Crippen molar-refractivity contribution in [2.24, 2.45) is 0 Å². The zero-order valence-corrected chi connectivity index (χ0v) is 21.4. The van der Waals surface area contributed by atoms with E-state index in [4.69, 9.17) is 21.1 Å². The minimum Gasteiger partial charge on any atom is -0.465 e. The van der Waals surface area contributed by atoms with Crippen molar-refractivity contribution >= 4 is 41.1 Å². The van der Waals surface area contributed by atoms with Crippen LogP contribution in [0.4, 0.5) is 30.8 Å². The van der Waals surface area contributed by atoms with E-state index in [1.165, 1.54) is 12.1 Å². The molecule has 1 fully saturated rings. The maximum Gasteiger partial charge on any atom is 0.422 e. The lowest BCUT2D eigenvalue weighted by Gasteiger charge is -2.19. The predicted molar refractivity (Wildman–Crippen MR) is 136 cm³/mol. The number of aromatic nitrogens is 3. The first kappa shape index (κ1) is 27.9. The Morgan fingerprint density at radius 1 is 1.00 bits per heavy atom. The smallest absolute Gasteiger partial charge is 0.422 e. The third-order valence-corrected chi connectivity index (χ3v) is 5.83. The van der Waals surface area contributed by atoms with Gasteiger partial charge in [-0.1, -0.05) is 23.7 Å². The number of benzene rings is 2. The SMILES string of the molecule is CCOC(=O)CNC(=O)c1ccc(Nc2nc(NC3(c4ccc(Cl)cc4)CC3)nc(OCC(F)(F)F)n2)cc1. The third kappa shape index (κ3) is 7.93. The molecule has 0 saturated heterocycles. The molecular formula is C25H24ClF3N6O4. The highest BCUT2D eigenvalue weighted by molar-refractivity contribution is 6.30. The molecule has 1 aliphatic carbocycles. The van der Waals surface area contributed by atoms with Gasteiger partial charge in [0.1, 0.15) is 6.54 Å². The van der Waals surface area contributed by atoms with E-state index in [1.807, 2.05) is 12.1 Å². The topological polar surface area (TPSA) is 127 Å². The fourth-order valence-corrected chi connectivity index (χ4v) is 3.70. The molecule has 1 amide bonds. The highest BCUT2D eigenvalue weighted by atomic mass is 35.5. The lowest BCUT2D eigenvalue weighted by molar-refractivity contribution is -0.154. The zero-order valence-electron chi connectivity index (χ0n) is 20.6. The van der Waals surface area contributed by atoms with Gasteiger partial charge in [-0.15, -0.1) is 0 Å². The predicted octanol–water partition coefficient (Wildman–Crippen LogP) is 4.60. The van der Waals surface area contributed by atoms with Crippen molar-refractivity contribution in [2.45, 2.75) is 31.5 Å². The number of rotatable bonds is 11. The number of halogens is 4. The lowest BCUT2D eigenvalue weighted by atomic mass is 10.1. The Morgan fingerprint density at radius 3 is 2.28 bits per heavy atom. The summed E-state index contributed by atoms with van der Waals surface area (Å²) in [5, 5.41) is 9.09. The maximum atomic E-state index is 12.8. The van der Waals surface area contributed by atoms with Crippen molar-refractivity contribution in [3.05, 3.63) is 64.7 Å². The van der Waals surface area contributed by atoms with Gasteiger partial charge in [0.25, 0.3) is 5.91 Å². The lowest BCUT2D eigenvalue weighted by Crippen LogP contribution is -2.30. The molecule has 3 N–H and O–H groups in total. The summed E-state index contributed by atoms with van der Waals surface area (Å²) in [7, 11) is 0. The molecule has 1 aliphatic rings. The van der Waals surface area contributed by atoms with Crippen LogP contribution in [0.15, 0.2) is 48.5 Å². The van der Waals surface area contributed by atoms with Crippen molar-refractivity contribution in [3.8, 4) is 6.01 Å². The molecule has 0 bridgehead atoms. The molecule has 1 saturated carbocycles. The van der Waals surface area contributed by atoms with Gasteiger partial charge in [0, 0.05) is 16.3 Å². The van der Waals surface area contributed by atoms with Gasteiger partial charge < -0.3 is 25.4 Å². The number of anilines is 3. The molecule has 10 nitrogen and oxygen atoms in total. The second kappa shape index (κ2) is 11.7. The number of carbonyl (C=O) groups is 2. The number of alkyl halides is 3. The molecule has 14 heteroatoms. The van der Waals surface area contributed by atoms with Gasteiger partial charge >= 0.3 is 18.2 Å². The van der Waals surface area contributed by atoms with Crippen molar-refractivity contribution < 1.29 is 32.2 Å². The van der Waals surface area contributed by atoms with Crippen LogP contribution in [-0.2, 0) is 15.1 Å². The average Bonchev–Trinajstić information content (AvgIpc) is 3.67. The summed E-state index contributed by atoms with van der Waals surface area (Å²) in [4.78, 5) is 35.9. The quantitative estimate of drug-likeness (QED) is 0.286. The Balaban J connectivity index is 1.50. The van der Waals surface area contributed by atoms with Gasteiger partial charge in [-0.3, -0.25) is 9.59 Å². The van der Waals surface area contributed by atoms with E-state index in [1.54, 1.807) is 31.2 Å². The Labute approximate surface area is 226 Å². The number of amides is 1. The molecule has 4 rings (SSSR count). The molecule has 0 unspecified atom stereocenters.